The van der Waals surface area contributed by atoms with Gasteiger partial charge in [0.15, 0.2) is 0 Å². The Kier molecular flexibility index (Phi) is 5.29. The first kappa shape index (κ1) is 22.1. The Balaban J connectivity index is 1.13. The summed E-state index contributed by atoms with van der Waals surface area (Å²) in [6, 6.07) is 15.7. The van der Waals surface area contributed by atoms with Gasteiger partial charge in [0.05, 0.1) is 25.2 Å². The van der Waals surface area contributed by atoms with Crippen LogP contribution in [0.4, 0.5) is 4.79 Å². The van der Waals surface area contributed by atoms with Crippen LogP contribution in [-0.2, 0) is 19.1 Å². The van der Waals surface area contributed by atoms with Gasteiger partial charge in [-0.05, 0) is 47.9 Å². The van der Waals surface area contributed by atoms with Gasteiger partial charge in [0.2, 0.25) is 5.91 Å². The van der Waals surface area contributed by atoms with Gasteiger partial charge in [0.1, 0.15) is 12.1 Å². The molecular weight excluding hydrogens is 448 g/mol. The van der Waals surface area contributed by atoms with Crippen LogP contribution in [-0.4, -0.2) is 65.4 Å². The van der Waals surface area contributed by atoms with Gasteiger partial charge in [-0.3, -0.25) is 4.79 Å². The second kappa shape index (κ2) is 8.37. The largest absolute Gasteiger partial charge is 0.479 e. The molecule has 8 heteroatoms. The molecule has 3 heterocycles. The number of carbonyl (C=O) groups is 3. The SMILES string of the molecule is O=C(NC1COCC1C(=O)N1C2CCC1(C(=O)O)CC2)OCC1c2ccccc2-c2ccccc21. The molecule has 0 aromatic heterocycles. The van der Waals surface area contributed by atoms with Crippen LogP contribution in [0.1, 0.15) is 42.7 Å². The number of ether oxygens (including phenoxy) is 2. The van der Waals surface area contributed by atoms with Crippen molar-refractivity contribution in [3.63, 3.8) is 0 Å². The third kappa shape index (κ3) is 3.42. The molecule has 3 saturated heterocycles. The van der Waals surface area contributed by atoms with Crippen molar-refractivity contribution < 1.29 is 29.0 Å². The molecule has 2 aromatic rings. The molecule has 3 aliphatic heterocycles. The molecule has 0 saturated carbocycles. The van der Waals surface area contributed by atoms with Crippen LogP contribution in [0.3, 0.4) is 0 Å². The molecule has 35 heavy (non-hydrogen) atoms. The fourth-order valence-electron chi connectivity index (χ4n) is 6.55. The van der Waals surface area contributed by atoms with Crippen LogP contribution >= 0.6 is 0 Å². The van der Waals surface area contributed by atoms with E-state index in [1.54, 1.807) is 4.90 Å². The number of aliphatic carboxylic acids is 1. The summed E-state index contributed by atoms with van der Waals surface area (Å²) >= 11 is 0. The van der Waals surface area contributed by atoms with Crippen LogP contribution in [0.2, 0.25) is 0 Å². The number of nitrogens with one attached hydrogen (secondary N) is 1. The van der Waals surface area contributed by atoms with E-state index in [4.69, 9.17) is 9.47 Å². The molecule has 0 radical (unpaired) electrons. The van der Waals surface area contributed by atoms with Crippen molar-refractivity contribution in [2.24, 2.45) is 5.92 Å². The number of amides is 2. The van der Waals surface area contributed by atoms with Crippen LogP contribution < -0.4 is 5.32 Å². The molecule has 2 N–H and O–H groups in total. The number of carbonyl (C=O) groups excluding carboxylic acids is 2. The summed E-state index contributed by atoms with van der Waals surface area (Å²) in [5.74, 6) is -1.85. The highest BCUT2D eigenvalue weighted by Gasteiger charge is 2.60. The summed E-state index contributed by atoms with van der Waals surface area (Å²) in [7, 11) is 0. The Bertz CT molecular complexity index is 1140. The van der Waals surface area contributed by atoms with Crippen molar-refractivity contribution in [1.29, 1.82) is 0 Å². The number of rotatable bonds is 5. The molecule has 3 fully saturated rings. The zero-order chi connectivity index (χ0) is 24.2. The second-order valence-electron chi connectivity index (χ2n) is 10.00. The molecule has 6 rings (SSSR count). The Morgan fingerprint density at radius 2 is 1.63 bits per heavy atom. The maximum Gasteiger partial charge on any atom is 0.407 e. The van der Waals surface area contributed by atoms with Crippen molar-refractivity contribution in [1.82, 2.24) is 10.2 Å². The van der Waals surface area contributed by atoms with E-state index >= 15 is 0 Å². The fourth-order valence-corrected chi connectivity index (χ4v) is 6.55. The molecule has 2 aromatic carbocycles. The lowest BCUT2D eigenvalue weighted by molar-refractivity contribution is -0.157. The van der Waals surface area contributed by atoms with E-state index in [9.17, 15) is 19.5 Å². The van der Waals surface area contributed by atoms with Crippen molar-refractivity contribution in [2.45, 2.75) is 49.2 Å². The molecule has 0 spiro atoms. The van der Waals surface area contributed by atoms with Gasteiger partial charge >= 0.3 is 12.1 Å². The van der Waals surface area contributed by atoms with Crippen molar-refractivity contribution in [2.75, 3.05) is 19.8 Å². The average Bonchev–Trinajstić information content (AvgIpc) is 3.64. The summed E-state index contributed by atoms with van der Waals surface area (Å²) in [5.41, 5.74) is 3.45. The highest BCUT2D eigenvalue weighted by atomic mass is 16.5. The predicted molar refractivity (Wildman–Crippen MR) is 126 cm³/mol. The Morgan fingerprint density at radius 3 is 2.26 bits per heavy atom. The summed E-state index contributed by atoms with van der Waals surface area (Å²) in [6.45, 7) is 0.535. The fraction of sp³-hybridized carbons (Fsp3) is 0.444. The smallest absolute Gasteiger partial charge is 0.407 e. The number of nitrogens with zero attached hydrogens (tertiary/aromatic N) is 1. The van der Waals surface area contributed by atoms with Crippen LogP contribution in [0.15, 0.2) is 48.5 Å². The van der Waals surface area contributed by atoms with Gasteiger partial charge < -0.3 is 24.8 Å². The number of carboxylic acid groups (broad SMARTS) is 1. The third-order valence-electron chi connectivity index (χ3n) is 8.29. The normalized spacial score (nSPS) is 28.6. The molecule has 2 unspecified atom stereocenters. The van der Waals surface area contributed by atoms with Gasteiger partial charge in [0, 0.05) is 12.0 Å². The highest BCUT2D eigenvalue weighted by molar-refractivity contribution is 5.91. The minimum atomic E-state index is -1.11. The molecular formula is C27H28N2O6. The van der Waals surface area contributed by atoms with Crippen LogP contribution in [0, 0.1) is 5.92 Å². The molecule has 2 bridgehead atoms. The van der Waals surface area contributed by atoms with E-state index in [1.807, 2.05) is 24.3 Å². The first-order valence-corrected chi connectivity index (χ1v) is 12.3. The minimum absolute atomic E-state index is 0.0469. The highest BCUT2D eigenvalue weighted by Crippen LogP contribution is 2.48. The number of alkyl carbamates (subject to hydrolysis) is 1. The first-order chi connectivity index (χ1) is 17.0. The van der Waals surface area contributed by atoms with Crippen LogP contribution in [0.5, 0.6) is 0 Å². The van der Waals surface area contributed by atoms with E-state index < -0.39 is 29.6 Å². The van der Waals surface area contributed by atoms with E-state index in [1.165, 1.54) is 0 Å². The number of fused-ring (bicyclic) bond motifs is 5. The quantitative estimate of drug-likeness (QED) is 0.687. The first-order valence-electron chi connectivity index (χ1n) is 12.3. The lowest BCUT2D eigenvalue weighted by Crippen LogP contribution is -2.55. The minimum Gasteiger partial charge on any atom is -0.479 e. The Morgan fingerprint density at radius 1 is 1.00 bits per heavy atom. The lowest BCUT2D eigenvalue weighted by Gasteiger charge is -2.33. The Labute approximate surface area is 203 Å². The monoisotopic (exact) mass is 476 g/mol. The predicted octanol–water partition coefficient (Wildman–Crippen LogP) is 3.15. The number of benzene rings is 2. The van der Waals surface area contributed by atoms with Crippen molar-refractivity contribution >= 4 is 18.0 Å². The van der Waals surface area contributed by atoms with Gasteiger partial charge in [-0.25, -0.2) is 9.59 Å². The van der Waals surface area contributed by atoms with E-state index in [-0.39, 0.29) is 37.7 Å². The number of hydrogen-bond donors (Lipinski definition) is 2. The zero-order valence-electron chi connectivity index (χ0n) is 19.3. The molecule has 2 atom stereocenters. The molecule has 8 nitrogen and oxygen atoms in total. The van der Waals surface area contributed by atoms with Crippen LogP contribution in [0.25, 0.3) is 11.1 Å². The second-order valence-corrected chi connectivity index (χ2v) is 10.00. The molecule has 1 aliphatic carbocycles. The van der Waals surface area contributed by atoms with Crippen molar-refractivity contribution in [3.05, 3.63) is 59.7 Å². The van der Waals surface area contributed by atoms with E-state index in [0.29, 0.717) is 25.7 Å². The van der Waals surface area contributed by atoms with Gasteiger partial charge in [0.25, 0.3) is 0 Å². The molecule has 4 aliphatic rings. The topological polar surface area (TPSA) is 105 Å². The summed E-state index contributed by atoms with van der Waals surface area (Å²) < 4.78 is 11.2. The maximum absolute atomic E-state index is 13.4. The van der Waals surface area contributed by atoms with Gasteiger partial charge in [-0.2, -0.15) is 0 Å². The van der Waals surface area contributed by atoms with Gasteiger partial charge in [-0.1, -0.05) is 48.5 Å². The summed E-state index contributed by atoms with van der Waals surface area (Å²) in [4.78, 5) is 39.8. The van der Waals surface area contributed by atoms with Gasteiger partial charge in [-0.15, -0.1) is 0 Å². The standard InChI is InChI=1S/C27H28N2O6/c30-24(29-16-9-11-27(29,12-10-16)25(31)32)22-13-34-15-23(22)28-26(33)35-14-21-19-7-3-1-5-17(19)18-6-2-4-8-20(18)21/h1-8,16,21-23H,9-15H2,(H,28,33)(H,31,32). The maximum atomic E-state index is 13.4. The average molecular weight is 477 g/mol. The third-order valence-corrected chi connectivity index (χ3v) is 8.29. The molecule has 2 amide bonds. The Hall–Kier alpha value is -3.39. The number of hydrogen-bond acceptors (Lipinski definition) is 5. The molecule has 182 valence electrons. The van der Waals surface area contributed by atoms with Crippen molar-refractivity contribution in [3.8, 4) is 11.1 Å². The summed E-state index contributed by atoms with van der Waals surface area (Å²) in [5, 5.41) is 12.7. The van der Waals surface area contributed by atoms with E-state index in [2.05, 4.69) is 29.6 Å². The number of carboxylic acids is 1. The van der Waals surface area contributed by atoms with E-state index in [0.717, 1.165) is 22.3 Å². The lowest BCUT2D eigenvalue weighted by atomic mass is 9.87. The zero-order valence-corrected chi connectivity index (χ0v) is 19.3. The summed E-state index contributed by atoms with van der Waals surface area (Å²) in [6.07, 6.45) is 1.78.